The summed E-state index contributed by atoms with van der Waals surface area (Å²) in [4.78, 5) is 12.4. The number of allylic oxidation sites excluding steroid dienone is 1. The molecule has 0 heterocycles. The molecule has 0 bridgehead atoms. The Morgan fingerprint density at radius 1 is 1.15 bits per heavy atom. The predicted molar refractivity (Wildman–Crippen MR) is 108 cm³/mol. The number of nitrogens with one attached hydrogen (secondary N) is 1. The van der Waals surface area contributed by atoms with Gasteiger partial charge in [0.25, 0.3) is 0 Å². The molecule has 0 aliphatic rings. The third-order valence-electron chi connectivity index (χ3n) is 4.61. The van der Waals surface area contributed by atoms with E-state index in [-0.39, 0.29) is 24.5 Å². The van der Waals surface area contributed by atoms with Gasteiger partial charge in [-0.3, -0.25) is 4.79 Å². The molecule has 1 amide bonds. The second-order valence-electron chi connectivity index (χ2n) is 6.75. The molecule has 0 saturated heterocycles. The van der Waals surface area contributed by atoms with E-state index >= 15 is 0 Å². The van der Waals surface area contributed by atoms with Crippen molar-refractivity contribution in [3.8, 4) is 0 Å². The van der Waals surface area contributed by atoms with Gasteiger partial charge in [-0.05, 0) is 41.5 Å². The third kappa shape index (κ3) is 5.57. The van der Waals surface area contributed by atoms with Crippen LogP contribution in [0.5, 0.6) is 0 Å². The van der Waals surface area contributed by atoms with Crippen molar-refractivity contribution in [1.82, 2.24) is 5.32 Å². The maximum absolute atomic E-state index is 12.4. The molecule has 138 valence electrons. The number of carbonyl (C=O) groups is 1. The molecule has 2 N–H and O–H groups in total. The Hall–Kier alpha value is -2.39. The summed E-state index contributed by atoms with van der Waals surface area (Å²) in [5, 5.41) is 12.7. The van der Waals surface area contributed by atoms with Crippen LogP contribution in [0.15, 0.2) is 54.6 Å². The summed E-state index contributed by atoms with van der Waals surface area (Å²) in [5.41, 5.74) is 4.37. The summed E-state index contributed by atoms with van der Waals surface area (Å²) in [5.74, 6) is 0.0897. The highest BCUT2D eigenvalue weighted by molar-refractivity contribution is 5.77. The van der Waals surface area contributed by atoms with Crippen LogP contribution in [0.4, 0.5) is 0 Å². The number of amides is 1. The summed E-state index contributed by atoms with van der Waals surface area (Å²) >= 11 is 0. The number of aryl methyl sites for hydroxylation is 1. The Balaban J connectivity index is 2.03. The highest BCUT2D eigenvalue weighted by Gasteiger charge is 2.17. The van der Waals surface area contributed by atoms with Crippen molar-refractivity contribution in [2.45, 2.75) is 45.6 Å². The van der Waals surface area contributed by atoms with E-state index in [4.69, 9.17) is 0 Å². The van der Waals surface area contributed by atoms with Crippen LogP contribution in [0.1, 0.15) is 60.9 Å². The molecule has 0 aromatic heterocycles. The van der Waals surface area contributed by atoms with Gasteiger partial charge in [0.2, 0.25) is 5.91 Å². The lowest BCUT2D eigenvalue weighted by atomic mass is 9.96. The molecular formula is C23H29NO2. The zero-order chi connectivity index (χ0) is 18.9. The molecule has 26 heavy (non-hydrogen) atoms. The van der Waals surface area contributed by atoms with Crippen LogP contribution in [0, 0.1) is 6.92 Å². The number of rotatable bonds is 8. The van der Waals surface area contributed by atoms with E-state index in [1.54, 1.807) is 0 Å². The summed E-state index contributed by atoms with van der Waals surface area (Å²) in [6.07, 6.45) is 5.62. The van der Waals surface area contributed by atoms with Gasteiger partial charge >= 0.3 is 0 Å². The number of aliphatic hydroxyl groups excluding tert-OH is 1. The summed E-state index contributed by atoms with van der Waals surface area (Å²) in [6.45, 7) is 6.08. The number of hydrogen-bond donors (Lipinski definition) is 2. The lowest BCUT2D eigenvalue weighted by Gasteiger charge is -2.19. The minimum absolute atomic E-state index is 0.0481. The van der Waals surface area contributed by atoms with Crippen molar-refractivity contribution < 1.29 is 9.90 Å². The zero-order valence-electron chi connectivity index (χ0n) is 15.9. The molecule has 3 heteroatoms. The summed E-state index contributed by atoms with van der Waals surface area (Å²) < 4.78 is 0. The molecule has 0 radical (unpaired) electrons. The standard InChI is InChI=1S/C23H29NO2/c1-4-5-9-20-12-13-21(14-17(20)2)22(16-25)24-23(26)15-18(3)19-10-7-6-8-11-19/h5-14,18,22,25H,4,15-16H2,1-3H3,(H,24,26)/b9-5-. The van der Waals surface area contributed by atoms with Crippen LogP contribution in [-0.4, -0.2) is 17.6 Å². The first-order valence-corrected chi connectivity index (χ1v) is 9.27. The Kier molecular flexibility index (Phi) is 7.61. The molecule has 2 rings (SSSR count). The van der Waals surface area contributed by atoms with Crippen LogP contribution < -0.4 is 5.32 Å². The third-order valence-corrected chi connectivity index (χ3v) is 4.61. The van der Waals surface area contributed by atoms with Gasteiger partial charge in [-0.1, -0.05) is 74.5 Å². The normalized spacial score (nSPS) is 13.5. The number of benzene rings is 2. The molecule has 3 nitrogen and oxygen atoms in total. The van der Waals surface area contributed by atoms with Gasteiger partial charge in [-0.2, -0.15) is 0 Å². The van der Waals surface area contributed by atoms with Gasteiger partial charge in [-0.15, -0.1) is 0 Å². The van der Waals surface area contributed by atoms with E-state index in [0.717, 1.165) is 28.7 Å². The zero-order valence-corrected chi connectivity index (χ0v) is 15.9. The molecule has 0 saturated carbocycles. The molecule has 0 fully saturated rings. The fourth-order valence-corrected chi connectivity index (χ4v) is 3.01. The molecule has 0 spiro atoms. The fraction of sp³-hybridized carbons (Fsp3) is 0.348. The Labute approximate surface area is 156 Å². The minimum Gasteiger partial charge on any atom is -0.394 e. The second-order valence-corrected chi connectivity index (χ2v) is 6.75. The predicted octanol–water partition coefficient (Wildman–Crippen LogP) is 4.76. The van der Waals surface area contributed by atoms with E-state index in [2.05, 4.69) is 24.4 Å². The maximum atomic E-state index is 12.4. The van der Waals surface area contributed by atoms with Crippen molar-refractivity contribution in [1.29, 1.82) is 0 Å². The molecule has 0 aliphatic carbocycles. The van der Waals surface area contributed by atoms with Gasteiger partial charge in [0.15, 0.2) is 0 Å². The van der Waals surface area contributed by atoms with Crippen LogP contribution >= 0.6 is 0 Å². The lowest BCUT2D eigenvalue weighted by Crippen LogP contribution is -2.31. The van der Waals surface area contributed by atoms with Gasteiger partial charge in [0.1, 0.15) is 0 Å². The van der Waals surface area contributed by atoms with Gasteiger partial charge in [0.05, 0.1) is 12.6 Å². The topological polar surface area (TPSA) is 49.3 Å². The van der Waals surface area contributed by atoms with E-state index < -0.39 is 0 Å². The van der Waals surface area contributed by atoms with E-state index in [1.165, 1.54) is 0 Å². The fourth-order valence-electron chi connectivity index (χ4n) is 3.01. The van der Waals surface area contributed by atoms with Crippen LogP contribution in [0.2, 0.25) is 0 Å². The highest BCUT2D eigenvalue weighted by atomic mass is 16.3. The van der Waals surface area contributed by atoms with Crippen LogP contribution in [0.3, 0.4) is 0 Å². The van der Waals surface area contributed by atoms with Crippen LogP contribution in [-0.2, 0) is 4.79 Å². The van der Waals surface area contributed by atoms with Crippen molar-refractivity contribution in [3.05, 3.63) is 76.9 Å². The highest BCUT2D eigenvalue weighted by Crippen LogP contribution is 2.21. The molecule has 2 unspecified atom stereocenters. The monoisotopic (exact) mass is 351 g/mol. The average Bonchev–Trinajstić information content (AvgIpc) is 2.65. The van der Waals surface area contributed by atoms with E-state index in [1.807, 2.05) is 62.4 Å². The molecule has 0 aliphatic heterocycles. The largest absolute Gasteiger partial charge is 0.394 e. The van der Waals surface area contributed by atoms with E-state index in [0.29, 0.717) is 6.42 Å². The van der Waals surface area contributed by atoms with Gasteiger partial charge < -0.3 is 10.4 Å². The first-order chi connectivity index (χ1) is 12.5. The molecule has 2 atom stereocenters. The van der Waals surface area contributed by atoms with Crippen molar-refractivity contribution in [3.63, 3.8) is 0 Å². The number of carbonyl (C=O) groups excluding carboxylic acids is 1. The Morgan fingerprint density at radius 2 is 1.88 bits per heavy atom. The maximum Gasteiger partial charge on any atom is 0.221 e. The smallest absolute Gasteiger partial charge is 0.221 e. The number of hydrogen-bond acceptors (Lipinski definition) is 2. The summed E-state index contributed by atoms with van der Waals surface area (Å²) in [7, 11) is 0. The SMILES string of the molecule is CC/C=C\c1ccc(C(CO)NC(=O)CC(C)c2ccccc2)cc1C. The van der Waals surface area contributed by atoms with Crippen molar-refractivity contribution in [2.24, 2.45) is 0 Å². The Morgan fingerprint density at radius 3 is 2.50 bits per heavy atom. The Bertz CT molecular complexity index is 737. The molecule has 2 aromatic carbocycles. The minimum atomic E-state index is -0.381. The lowest BCUT2D eigenvalue weighted by molar-refractivity contribution is -0.122. The number of aliphatic hydroxyl groups is 1. The summed E-state index contributed by atoms with van der Waals surface area (Å²) in [6, 6.07) is 15.7. The first kappa shape index (κ1) is 19.9. The first-order valence-electron chi connectivity index (χ1n) is 9.27. The van der Waals surface area contributed by atoms with E-state index in [9.17, 15) is 9.90 Å². The quantitative estimate of drug-likeness (QED) is 0.720. The molecule has 2 aromatic rings. The average molecular weight is 351 g/mol. The van der Waals surface area contributed by atoms with Crippen LogP contribution in [0.25, 0.3) is 6.08 Å². The second kappa shape index (κ2) is 9.93. The van der Waals surface area contributed by atoms with Gasteiger partial charge in [-0.25, -0.2) is 0 Å². The molecular weight excluding hydrogens is 322 g/mol. The van der Waals surface area contributed by atoms with Crippen molar-refractivity contribution >= 4 is 12.0 Å². The van der Waals surface area contributed by atoms with Gasteiger partial charge in [0, 0.05) is 6.42 Å². The van der Waals surface area contributed by atoms with Crippen molar-refractivity contribution in [2.75, 3.05) is 6.61 Å².